The number of non-ortho nitro benzene ring substituents is 1. The number of carbonyl (C=O) groups is 1. The van der Waals surface area contributed by atoms with E-state index >= 15 is 0 Å². The maximum atomic E-state index is 11.9. The molecule has 2 aromatic carbocycles. The molecule has 1 atom stereocenters. The van der Waals surface area contributed by atoms with Gasteiger partial charge in [0.25, 0.3) is 5.69 Å². The van der Waals surface area contributed by atoms with Crippen LogP contribution in [0.2, 0.25) is 0 Å². The molecule has 0 aliphatic carbocycles. The second-order valence-corrected chi connectivity index (χ2v) is 6.01. The second kappa shape index (κ2) is 6.40. The lowest BCUT2D eigenvalue weighted by molar-refractivity contribution is -0.384. The van der Waals surface area contributed by atoms with Crippen LogP contribution in [0, 0.1) is 10.1 Å². The summed E-state index contributed by atoms with van der Waals surface area (Å²) in [6.07, 6.45) is -0.704. The third kappa shape index (κ3) is 3.13. The molecule has 0 bridgehead atoms. The van der Waals surface area contributed by atoms with Crippen molar-refractivity contribution >= 4 is 33.4 Å². The molecule has 0 radical (unpaired) electrons. The molecule has 0 spiro atoms. The van der Waals surface area contributed by atoms with E-state index < -0.39 is 11.2 Å². The SMILES string of the molecule is CC(=O)N1N=C(c2cccc([N+](=O)[O-])c2)O[C@H]1c1ccc(Br)cc1. The average molecular weight is 390 g/mol. The molecule has 0 fully saturated rings. The Morgan fingerprint density at radius 1 is 1.29 bits per heavy atom. The van der Waals surface area contributed by atoms with Gasteiger partial charge in [0.1, 0.15) is 0 Å². The maximum Gasteiger partial charge on any atom is 0.270 e. The fourth-order valence-corrected chi connectivity index (χ4v) is 2.54. The summed E-state index contributed by atoms with van der Waals surface area (Å²) >= 11 is 3.35. The molecule has 1 heterocycles. The summed E-state index contributed by atoms with van der Waals surface area (Å²) in [5.74, 6) is -0.120. The number of nitro benzene ring substituents is 1. The number of hydrazone groups is 1. The Morgan fingerprint density at radius 2 is 2.00 bits per heavy atom. The lowest BCUT2D eigenvalue weighted by Crippen LogP contribution is -2.25. The molecule has 3 rings (SSSR count). The van der Waals surface area contributed by atoms with Crippen LogP contribution in [-0.4, -0.2) is 21.7 Å². The lowest BCUT2D eigenvalue weighted by Gasteiger charge is -2.19. The smallest absolute Gasteiger partial charge is 0.270 e. The normalized spacial score (nSPS) is 16.5. The van der Waals surface area contributed by atoms with Gasteiger partial charge in [-0.2, -0.15) is 5.01 Å². The number of hydrogen-bond donors (Lipinski definition) is 0. The van der Waals surface area contributed by atoms with E-state index in [0.717, 1.165) is 10.0 Å². The van der Waals surface area contributed by atoms with E-state index in [1.807, 2.05) is 24.3 Å². The molecule has 24 heavy (non-hydrogen) atoms. The zero-order valence-corrected chi connectivity index (χ0v) is 14.1. The van der Waals surface area contributed by atoms with Gasteiger partial charge in [-0.1, -0.05) is 34.1 Å². The average Bonchev–Trinajstić information content (AvgIpc) is 3.01. The highest BCUT2D eigenvalue weighted by Crippen LogP contribution is 2.31. The van der Waals surface area contributed by atoms with E-state index in [9.17, 15) is 14.9 Å². The van der Waals surface area contributed by atoms with Crippen LogP contribution in [-0.2, 0) is 9.53 Å². The summed E-state index contributed by atoms with van der Waals surface area (Å²) in [5, 5.41) is 16.3. The molecular formula is C16H12BrN3O4. The highest BCUT2D eigenvalue weighted by molar-refractivity contribution is 9.10. The third-order valence-electron chi connectivity index (χ3n) is 3.43. The van der Waals surface area contributed by atoms with Gasteiger partial charge in [0.15, 0.2) is 0 Å². The van der Waals surface area contributed by atoms with E-state index in [1.54, 1.807) is 12.1 Å². The highest BCUT2D eigenvalue weighted by Gasteiger charge is 2.33. The summed E-state index contributed by atoms with van der Waals surface area (Å²) < 4.78 is 6.70. The maximum absolute atomic E-state index is 11.9. The second-order valence-electron chi connectivity index (χ2n) is 5.10. The minimum atomic E-state index is -0.704. The fourth-order valence-electron chi connectivity index (χ4n) is 2.28. The van der Waals surface area contributed by atoms with Crippen LogP contribution in [0.1, 0.15) is 24.3 Å². The van der Waals surface area contributed by atoms with Crippen molar-refractivity contribution in [2.75, 3.05) is 0 Å². The molecule has 0 saturated carbocycles. The fraction of sp³-hybridized carbons (Fsp3) is 0.125. The summed E-state index contributed by atoms with van der Waals surface area (Å²) in [6.45, 7) is 1.38. The Kier molecular flexibility index (Phi) is 4.30. The van der Waals surface area contributed by atoms with Crippen molar-refractivity contribution < 1.29 is 14.5 Å². The largest absolute Gasteiger partial charge is 0.446 e. The van der Waals surface area contributed by atoms with Crippen molar-refractivity contribution in [2.45, 2.75) is 13.2 Å². The van der Waals surface area contributed by atoms with Crippen LogP contribution in [0.25, 0.3) is 0 Å². The van der Waals surface area contributed by atoms with Crippen molar-refractivity contribution in [1.82, 2.24) is 5.01 Å². The van der Waals surface area contributed by atoms with Crippen molar-refractivity contribution in [3.63, 3.8) is 0 Å². The van der Waals surface area contributed by atoms with Crippen LogP contribution in [0.4, 0.5) is 5.69 Å². The molecule has 0 saturated heterocycles. The Hall–Kier alpha value is -2.74. The van der Waals surface area contributed by atoms with Crippen LogP contribution in [0.5, 0.6) is 0 Å². The van der Waals surface area contributed by atoms with Gasteiger partial charge in [0.2, 0.25) is 18.0 Å². The minimum Gasteiger partial charge on any atom is -0.446 e. The Labute approximate surface area is 145 Å². The molecule has 2 aromatic rings. The van der Waals surface area contributed by atoms with Crippen LogP contribution in [0.3, 0.4) is 0 Å². The highest BCUT2D eigenvalue weighted by atomic mass is 79.9. The van der Waals surface area contributed by atoms with Gasteiger partial charge in [-0.3, -0.25) is 14.9 Å². The Balaban J connectivity index is 1.95. The number of amides is 1. The van der Waals surface area contributed by atoms with E-state index in [2.05, 4.69) is 21.0 Å². The monoisotopic (exact) mass is 389 g/mol. The molecule has 0 aromatic heterocycles. The number of halogens is 1. The number of carbonyl (C=O) groups excluding carboxylic acids is 1. The van der Waals surface area contributed by atoms with Gasteiger partial charge < -0.3 is 4.74 Å². The number of ether oxygens (including phenoxy) is 1. The van der Waals surface area contributed by atoms with E-state index in [-0.39, 0.29) is 17.5 Å². The topological polar surface area (TPSA) is 85.0 Å². The quantitative estimate of drug-likeness (QED) is 0.592. The molecule has 8 heteroatoms. The summed E-state index contributed by atoms with van der Waals surface area (Å²) in [4.78, 5) is 22.3. The van der Waals surface area contributed by atoms with Gasteiger partial charge in [-0.25, -0.2) is 0 Å². The molecule has 1 aliphatic heterocycles. The summed E-state index contributed by atoms with van der Waals surface area (Å²) in [5.41, 5.74) is 1.12. The number of benzene rings is 2. The Morgan fingerprint density at radius 3 is 2.62 bits per heavy atom. The predicted molar refractivity (Wildman–Crippen MR) is 90.1 cm³/mol. The van der Waals surface area contributed by atoms with Gasteiger partial charge in [0, 0.05) is 34.7 Å². The number of nitro groups is 1. The van der Waals surface area contributed by atoms with Gasteiger partial charge >= 0.3 is 0 Å². The zero-order valence-electron chi connectivity index (χ0n) is 12.5. The molecule has 0 N–H and O–H groups in total. The van der Waals surface area contributed by atoms with Crippen LogP contribution >= 0.6 is 15.9 Å². The number of rotatable bonds is 3. The lowest BCUT2D eigenvalue weighted by atomic mass is 10.2. The molecular weight excluding hydrogens is 378 g/mol. The molecule has 122 valence electrons. The van der Waals surface area contributed by atoms with Crippen molar-refractivity contribution in [3.8, 4) is 0 Å². The summed E-state index contributed by atoms with van der Waals surface area (Å²) in [7, 11) is 0. The first-order valence-electron chi connectivity index (χ1n) is 7.01. The molecule has 0 unspecified atom stereocenters. The first-order valence-corrected chi connectivity index (χ1v) is 7.80. The minimum absolute atomic E-state index is 0.0692. The number of nitrogens with zero attached hydrogens (tertiary/aromatic N) is 3. The first kappa shape index (κ1) is 16.1. The molecule has 7 nitrogen and oxygen atoms in total. The van der Waals surface area contributed by atoms with Gasteiger partial charge in [-0.05, 0) is 18.2 Å². The van der Waals surface area contributed by atoms with Gasteiger partial charge in [-0.15, -0.1) is 5.10 Å². The zero-order chi connectivity index (χ0) is 17.3. The standard InChI is InChI=1S/C16H12BrN3O4/c1-10(21)19-16(11-5-7-13(17)8-6-11)24-15(18-19)12-3-2-4-14(9-12)20(22)23/h2-9,16H,1H3/t16-/m0/s1. The third-order valence-corrected chi connectivity index (χ3v) is 3.95. The van der Waals surface area contributed by atoms with Crippen LogP contribution < -0.4 is 0 Å². The molecule has 1 amide bonds. The Bertz CT molecular complexity index is 835. The molecule has 1 aliphatic rings. The van der Waals surface area contributed by atoms with E-state index in [4.69, 9.17) is 4.74 Å². The van der Waals surface area contributed by atoms with Crippen molar-refractivity contribution in [1.29, 1.82) is 0 Å². The van der Waals surface area contributed by atoms with E-state index in [1.165, 1.54) is 24.1 Å². The van der Waals surface area contributed by atoms with E-state index in [0.29, 0.717) is 5.56 Å². The van der Waals surface area contributed by atoms with Crippen molar-refractivity contribution in [3.05, 3.63) is 74.2 Å². The number of hydrogen-bond acceptors (Lipinski definition) is 5. The predicted octanol–water partition coefficient (Wildman–Crippen LogP) is 3.60. The van der Waals surface area contributed by atoms with Crippen molar-refractivity contribution in [2.24, 2.45) is 5.10 Å². The van der Waals surface area contributed by atoms with Gasteiger partial charge in [0.05, 0.1) is 4.92 Å². The van der Waals surface area contributed by atoms with Crippen LogP contribution in [0.15, 0.2) is 58.1 Å². The summed E-state index contributed by atoms with van der Waals surface area (Å²) in [6, 6.07) is 13.2. The first-order chi connectivity index (χ1) is 11.5.